The van der Waals surface area contributed by atoms with E-state index in [2.05, 4.69) is 57.7 Å². The number of allylic oxidation sites excluding steroid dienone is 6. The first kappa shape index (κ1) is 20.2. The van der Waals surface area contributed by atoms with E-state index in [0.717, 1.165) is 45.2 Å². The van der Waals surface area contributed by atoms with Gasteiger partial charge in [0.1, 0.15) is 0 Å². The highest BCUT2D eigenvalue weighted by molar-refractivity contribution is 5.82. The lowest BCUT2D eigenvalue weighted by molar-refractivity contribution is 1.08. The molecule has 1 aliphatic carbocycles. The second kappa shape index (κ2) is 9.16. The minimum atomic E-state index is 0.614. The van der Waals surface area contributed by atoms with Crippen molar-refractivity contribution in [3.63, 3.8) is 0 Å². The average Bonchev–Trinajstić information content (AvgIpc) is 3.21. The third-order valence-corrected chi connectivity index (χ3v) is 5.21. The van der Waals surface area contributed by atoms with Crippen molar-refractivity contribution in [2.45, 2.75) is 26.7 Å². The Morgan fingerprint density at radius 2 is 1.74 bits per heavy atom. The molecule has 31 heavy (non-hydrogen) atoms. The number of hydrogen-bond acceptors (Lipinski definition) is 2. The van der Waals surface area contributed by atoms with Crippen molar-refractivity contribution in [2.75, 3.05) is 0 Å². The standard InChI is InChI=1S/C28H23N3/c1-4-14-22-16-8-7-11-20-26(24(22)5-2)31-27(23-17-9-6-10-18-23)29-30-28(31)25-19-13-12-15-21(25)3/h2,4,6,9-10,12-15,17-20H,11,16H2,1,3H3/b14-4-,24-22-,26-20+. The lowest BCUT2D eigenvalue weighted by atomic mass is 9.98. The number of aryl methyl sites for hydroxylation is 1. The predicted molar refractivity (Wildman–Crippen MR) is 128 cm³/mol. The van der Waals surface area contributed by atoms with Gasteiger partial charge in [0.2, 0.25) is 0 Å². The fourth-order valence-electron chi connectivity index (χ4n) is 3.73. The molecule has 1 aromatic heterocycles. The zero-order chi connectivity index (χ0) is 21.6. The number of aromatic nitrogens is 3. The molecule has 0 bridgehead atoms. The van der Waals surface area contributed by atoms with Gasteiger partial charge in [-0.05, 0) is 31.1 Å². The number of nitrogens with zero attached hydrogens (tertiary/aromatic N) is 3. The van der Waals surface area contributed by atoms with E-state index in [-0.39, 0.29) is 0 Å². The topological polar surface area (TPSA) is 30.7 Å². The van der Waals surface area contributed by atoms with Gasteiger partial charge in [0.05, 0.1) is 11.3 Å². The number of rotatable bonds is 4. The first-order valence-corrected chi connectivity index (χ1v) is 10.3. The van der Waals surface area contributed by atoms with Crippen LogP contribution < -0.4 is 0 Å². The molecule has 3 heteroatoms. The summed E-state index contributed by atoms with van der Waals surface area (Å²) in [6, 6.07) is 18.3. The molecule has 0 atom stereocenters. The van der Waals surface area contributed by atoms with Crippen LogP contribution in [0, 0.1) is 31.1 Å². The van der Waals surface area contributed by atoms with Gasteiger partial charge in [-0.25, -0.2) is 0 Å². The van der Waals surface area contributed by atoms with Gasteiger partial charge in [-0.1, -0.05) is 84.5 Å². The maximum absolute atomic E-state index is 6.06. The molecule has 0 saturated heterocycles. The van der Waals surface area contributed by atoms with Crippen molar-refractivity contribution in [2.24, 2.45) is 0 Å². The van der Waals surface area contributed by atoms with Crippen LogP contribution in [0.3, 0.4) is 0 Å². The Morgan fingerprint density at radius 1 is 1.00 bits per heavy atom. The Bertz CT molecular complexity index is 1300. The van der Waals surface area contributed by atoms with Crippen LogP contribution in [0.4, 0.5) is 0 Å². The number of terminal acetylenes is 1. The second-order valence-electron chi connectivity index (χ2n) is 7.23. The van der Waals surface area contributed by atoms with Gasteiger partial charge in [-0.3, -0.25) is 4.57 Å². The maximum Gasteiger partial charge on any atom is 0.169 e. The minimum Gasteiger partial charge on any atom is -0.274 e. The third kappa shape index (κ3) is 4.00. The highest BCUT2D eigenvalue weighted by Crippen LogP contribution is 2.34. The second-order valence-corrected chi connectivity index (χ2v) is 7.23. The monoisotopic (exact) mass is 401 g/mol. The van der Waals surface area contributed by atoms with E-state index in [1.807, 2.05) is 61.5 Å². The van der Waals surface area contributed by atoms with Gasteiger partial charge >= 0.3 is 0 Å². The molecule has 0 amide bonds. The molecule has 0 unspecified atom stereocenters. The molecule has 1 aliphatic rings. The van der Waals surface area contributed by atoms with E-state index in [9.17, 15) is 0 Å². The summed E-state index contributed by atoms with van der Waals surface area (Å²) in [6.07, 6.45) is 13.4. The van der Waals surface area contributed by atoms with Crippen LogP contribution in [-0.2, 0) is 0 Å². The molecule has 1 heterocycles. The van der Waals surface area contributed by atoms with Gasteiger partial charge in [-0.2, -0.15) is 0 Å². The van der Waals surface area contributed by atoms with Crippen LogP contribution in [0.2, 0.25) is 0 Å². The Labute approximate surface area is 183 Å². The average molecular weight is 402 g/mol. The summed E-state index contributed by atoms with van der Waals surface area (Å²) in [5, 5.41) is 9.22. The van der Waals surface area contributed by atoms with E-state index < -0.39 is 0 Å². The smallest absolute Gasteiger partial charge is 0.169 e. The van der Waals surface area contributed by atoms with Gasteiger partial charge in [0.15, 0.2) is 11.6 Å². The molecular weight excluding hydrogens is 378 g/mol. The first-order chi connectivity index (χ1) is 15.2. The maximum atomic E-state index is 6.06. The lowest BCUT2D eigenvalue weighted by Gasteiger charge is -2.18. The van der Waals surface area contributed by atoms with Crippen LogP contribution in [0.1, 0.15) is 25.3 Å². The predicted octanol–water partition coefficient (Wildman–Crippen LogP) is 6.06. The molecule has 0 aliphatic heterocycles. The Morgan fingerprint density at radius 3 is 2.48 bits per heavy atom. The van der Waals surface area contributed by atoms with Crippen molar-refractivity contribution < 1.29 is 0 Å². The lowest BCUT2D eigenvalue weighted by Crippen LogP contribution is -2.07. The zero-order valence-corrected chi connectivity index (χ0v) is 17.8. The van der Waals surface area contributed by atoms with Crippen LogP contribution in [0.25, 0.3) is 28.5 Å². The van der Waals surface area contributed by atoms with E-state index in [4.69, 9.17) is 6.42 Å². The van der Waals surface area contributed by atoms with Crippen molar-refractivity contribution >= 4 is 5.70 Å². The van der Waals surface area contributed by atoms with E-state index in [1.165, 1.54) is 0 Å². The zero-order valence-electron chi connectivity index (χ0n) is 17.8. The fourth-order valence-corrected chi connectivity index (χ4v) is 3.73. The Kier molecular flexibility index (Phi) is 5.97. The fraction of sp³-hybridized carbons (Fsp3) is 0.143. The summed E-state index contributed by atoms with van der Waals surface area (Å²) in [6.45, 7) is 4.07. The summed E-state index contributed by atoms with van der Waals surface area (Å²) in [4.78, 5) is 0. The van der Waals surface area contributed by atoms with E-state index >= 15 is 0 Å². The summed E-state index contributed by atoms with van der Waals surface area (Å²) >= 11 is 0. The number of hydrogen-bond donors (Lipinski definition) is 0. The van der Waals surface area contributed by atoms with Gasteiger partial charge in [-0.15, -0.1) is 16.6 Å². The summed E-state index contributed by atoms with van der Waals surface area (Å²) in [7, 11) is 0. The molecule has 0 spiro atoms. The molecule has 0 N–H and O–H groups in total. The first-order valence-electron chi connectivity index (χ1n) is 10.3. The molecule has 0 saturated carbocycles. The SMILES string of the molecule is C#CC1=C(\C=C/C)CC#CC/C=C\1n1c(-c2ccccc2)nnc1-c1ccccc1C. The quantitative estimate of drug-likeness (QED) is 0.497. The molecule has 0 fully saturated rings. The van der Waals surface area contributed by atoms with Crippen molar-refractivity contribution in [3.05, 3.63) is 89.5 Å². The summed E-state index contributed by atoms with van der Waals surface area (Å²) in [5.41, 5.74) is 5.86. The molecule has 150 valence electrons. The van der Waals surface area contributed by atoms with Crippen molar-refractivity contribution in [1.82, 2.24) is 14.8 Å². The van der Waals surface area contributed by atoms with E-state index in [0.29, 0.717) is 12.8 Å². The Hall–Kier alpha value is -4.08. The van der Waals surface area contributed by atoms with Crippen molar-refractivity contribution in [3.8, 4) is 47.0 Å². The summed E-state index contributed by atoms with van der Waals surface area (Å²) < 4.78 is 2.09. The number of benzene rings is 2. The highest BCUT2D eigenvalue weighted by Gasteiger charge is 2.22. The highest BCUT2D eigenvalue weighted by atomic mass is 15.3. The largest absolute Gasteiger partial charge is 0.274 e. The third-order valence-electron chi connectivity index (χ3n) is 5.21. The van der Waals surface area contributed by atoms with Crippen LogP contribution >= 0.6 is 0 Å². The van der Waals surface area contributed by atoms with Gasteiger partial charge < -0.3 is 0 Å². The molecule has 3 nitrogen and oxygen atoms in total. The van der Waals surface area contributed by atoms with Crippen LogP contribution in [0.5, 0.6) is 0 Å². The van der Waals surface area contributed by atoms with Gasteiger partial charge in [0.25, 0.3) is 0 Å². The van der Waals surface area contributed by atoms with Crippen LogP contribution in [0.15, 0.2) is 84.0 Å². The van der Waals surface area contributed by atoms with Crippen molar-refractivity contribution in [1.29, 1.82) is 0 Å². The molecule has 0 radical (unpaired) electrons. The molecular formula is C28H23N3. The van der Waals surface area contributed by atoms with E-state index in [1.54, 1.807) is 0 Å². The molecule has 2 aromatic carbocycles. The summed E-state index contributed by atoms with van der Waals surface area (Å²) in [5.74, 6) is 10.9. The van der Waals surface area contributed by atoms with Crippen LogP contribution in [-0.4, -0.2) is 14.8 Å². The molecule has 4 rings (SSSR count). The minimum absolute atomic E-state index is 0.614. The Balaban J connectivity index is 2.06. The molecule has 3 aromatic rings. The normalized spacial score (nSPS) is 17.8. The van der Waals surface area contributed by atoms with Gasteiger partial charge in [0, 0.05) is 24.0 Å².